The number of hydrogen-bond acceptors (Lipinski definition) is 37. The molecule has 6 aromatic carbocycles. The minimum Gasteiger partial charge on any atom is -0.480 e. The summed E-state index contributed by atoms with van der Waals surface area (Å²) < 4.78 is 98.1. The quantitative estimate of drug-likeness (QED) is 0.00305. The number of aliphatic carboxylic acids is 1. The largest absolute Gasteiger partial charge is 0.480 e. The average Bonchev–Trinajstić information content (AvgIpc) is 0.726. The highest BCUT2D eigenvalue weighted by molar-refractivity contribution is 6.30. The van der Waals surface area contributed by atoms with Crippen LogP contribution in [0.3, 0.4) is 0 Å². The lowest BCUT2D eigenvalue weighted by molar-refractivity contribution is -0.385. The summed E-state index contributed by atoms with van der Waals surface area (Å²) in [6, 6.07) is 36.4. The van der Waals surface area contributed by atoms with E-state index in [-0.39, 0.29) is 129 Å². The number of non-ortho nitro benzene ring substituents is 2. The number of aliphatic imine (C=N–C) groups is 1. The van der Waals surface area contributed by atoms with Crippen LogP contribution in [-0.4, -0.2) is 233 Å². The van der Waals surface area contributed by atoms with E-state index in [0.717, 1.165) is 0 Å². The number of alkyl halides is 3. The number of benzene rings is 6. The number of rotatable bonds is 49. The van der Waals surface area contributed by atoms with E-state index < -0.39 is 116 Å². The van der Waals surface area contributed by atoms with Crippen molar-refractivity contribution in [3.63, 3.8) is 0 Å². The monoisotopic (exact) mass is 1800 g/mol. The molecule has 9 unspecified atom stereocenters. The Morgan fingerprint density at radius 1 is 0.347 bits per heavy atom. The molecule has 0 aromatic heterocycles. The van der Waals surface area contributed by atoms with Crippen molar-refractivity contribution >= 4 is 123 Å². The third-order valence-electron chi connectivity index (χ3n) is 14.5. The topological polar surface area (TPSA) is 541 Å². The number of nitrogen functional groups attached to an aromatic ring is 2. The molecule has 0 fully saturated rings. The van der Waals surface area contributed by atoms with Crippen molar-refractivity contribution in [1.29, 1.82) is 5.26 Å². The minimum atomic E-state index is -0.975. The van der Waals surface area contributed by atoms with Gasteiger partial charge in [-0.15, -0.1) is 40.1 Å². The predicted octanol–water partition coefficient (Wildman–Crippen LogP) is 9.92. The molecular weight excluding hydrogens is 1710 g/mol. The fourth-order valence-corrected chi connectivity index (χ4v) is 8.27. The first-order valence-electron chi connectivity index (χ1n) is 37.4. The highest BCUT2D eigenvalue weighted by Gasteiger charge is 2.23. The molecule has 43 heteroatoms. The Labute approximate surface area is 727 Å². The summed E-state index contributed by atoms with van der Waals surface area (Å²) >= 11 is 16.0. The molecule has 9 atom stereocenters. The Hall–Kier alpha value is -12.9. The Balaban J connectivity index is 0.000000560. The smallest absolute Gasteiger partial charge is 0.347 e. The second-order valence-electron chi connectivity index (χ2n) is 24.5. The maximum atomic E-state index is 12.0. The first kappa shape index (κ1) is 107. The third kappa shape index (κ3) is 49.1. The molecule has 124 heavy (non-hydrogen) atoms. The molecule has 0 bridgehead atoms. The summed E-state index contributed by atoms with van der Waals surface area (Å²) in [4.78, 5) is 137. The standard InChI is InChI=1S/C24H24N2O9.C22H24N2O11.C22H28N2O7.C10H16Cl2O5.C3H5ClO2/c1-17(34-21-5-3-19(4-6-21)26-16-27)23(28)31-13-11-30-12-14-32-24(29)18(2)35-22-9-7-20(8-10-22)33-15-25;1-15(34-19-7-3-17(4-8-19)23(27)28)21(25)32-13-11-31-12-14-33-22(26)16(2)35-20-9-5-18(6-10-20)24(29)30;1-15(30-19-7-3-17(23)4-8-19)21(25)28-13-11-27-12-14-29-22(26)16(2)31-20-9-5-18(24)6-10-20;1-7(11)9(13)16-5-3-15-4-6-17-10(14)8(2)12;1-2(4)3(5)6/h3-10,17-18H,11-14H2,1-2H3;3-10,15-16H,11-14H2,1-2H3;3-10,15-16H,11-14,23-24H2,1-2H3;7-8H,3-6H2,1-2H3;2H,1H3,(H,5,6). The molecule has 0 spiro atoms. The number of esters is 8. The first-order chi connectivity index (χ1) is 59.0. The Morgan fingerprint density at radius 2 is 0.540 bits per heavy atom. The van der Waals surface area contributed by atoms with Gasteiger partial charge in [-0.1, -0.05) is 0 Å². The number of hydrogen-bond donors (Lipinski definition) is 3. The second kappa shape index (κ2) is 62.3. The van der Waals surface area contributed by atoms with Gasteiger partial charge in [0.2, 0.25) is 6.08 Å². The number of carbonyl (C=O) groups excluding carboxylic acids is 9. The van der Waals surface area contributed by atoms with Crippen LogP contribution in [0, 0.1) is 31.7 Å². The molecule has 0 radical (unpaired) electrons. The molecule has 0 saturated heterocycles. The zero-order valence-corrected chi connectivity index (χ0v) is 71.1. The molecule has 0 amide bonds. The number of nitrogens with two attached hydrogens (primary N) is 2. The maximum Gasteiger partial charge on any atom is 0.347 e. The summed E-state index contributed by atoms with van der Waals surface area (Å²) in [6.07, 6.45) is -2.13. The molecule has 0 aliphatic heterocycles. The number of ether oxygens (including phenoxy) is 19. The Bertz CT molecular complexity index is 4120. The Kier molecular flexibility index (Phi) is 53.8. The number of anilines is 2. The van der Waals surface area contributed by atoms with E-state index in [4.69, 9.17) is 142 Å². The van der Waals surface area contributed by atoms with Gasteiger partial charge in [0.25, 0.3) is 17.6 Å². The second-order valence-corrected chi connectivity index (χ2v) is 26.5. The van der Waals surface area contributed by atoms with Crippen molar-refractivity contribution in [3.8, 4) is 46.5 Å². The zero-order valence-electron chi connectivity index (χ0n) is 68.9. The highest BCUT2D eigenvalue weighted by atomic mass is 35.5. The SMILES string of the molecule is CC(Cl)C(=O)O.CC(Cl)C(=O)OCCOCCOC(=O)C(C)Cl.CC(Oc1ccc(N)cc1)C(=O)OCCOCCOC(=O)C(C)Oc1ccc(N)cc1.CC(Oc1ccc(N=C=O)cc1)C(=O)OCCOCCOC(=O)C(C)Oc1ccc(OC#N)cc1.CC(Oc1ccc([N+](=O)[O-])cc1)C(=O)OCCOCCOC(=O)C(C)Oc1ccc([N+](=O)[O-])cc1. The number of nitriles is 1. The molecule has 0 aliphatic rings. The van der Waals surface area contributed by atoms with Gasteiger partial charge < -0.3 is 107 Å². The van der Waals surface area contributed by atoms with Crippen LogP contribution < -0.4 is 44.6 Å². The third-order valence-corrected chi connectivity index (χ3v) is 15.0. The van der Waals surface area contributed by atoms with Gasteiger partial charge >= 0.3 is 53.7 Å². The number of isocyanates is 1. The lowest BCUT2D eigenvalue weighted by atomic mass is 10.3. The van der Waals surface area contributed by atoms with E-state index in [9.17, 15) is 68.2 Å². The fraction of sp³-hybridized carbons (Fsp3) is 0.420. The number of carbonyl (C=O) groups is 9. The van der Waals surface area contributed by atoms with Gasteiger partial charge in [-0.05, 0) is 184 Å². The van der Waals surface area contributed by atoms with Crippen LogP contribution in [0.4, 0.5) is 28.4 Å². The first-order valence-corrected chi connectivity index (χ1v) is 38.7. The molecule has 6 rings (SSSR count). The van der Waals surface area contributed by atoms with Crippen molar-refractivity contribution < 1.29 is 153 Å². The van der Waals surface area contributed by atoms with Gasteiger partial charge in [0.15, 0.2) is 36.6 Å². The molecule has 40 nitrogen and oxygen atoms in total. The summed E-state index contributed by atoms with van der Waals surface area (Å²) in [6.45, 7) is 15.0. The lowest BCUT2D eigenvalue weighted by Gasteiger charge is -2.15. The van der Waals surface area contributed by atoms with Crippen molar-refractivity contribution in [2.45, 2.75) is 115 Å². The van der Waals surface area contributed by atoms with E-state index in [1.807, 2.05) is 0 Å². The van der Waals surface area contributed by atoms with Gasteiger partial charge in [-0.25, -0.2) is 33.6 Å². The zero-order chi connectivity index (χ0) is 92.3. The van der Waals surface area contributed by atoms with Gasteiger partial charge in [-0.2, -0.15) is 4.99 Å². The predicted molar refractivity (Wildman–Crippen MR) is 440 cm³/mol. The maximum absolute atomic E-state index is 12.0. The number of nitro groups is 2. The number of nitrogens with zero attached hydrogens (tertiary/aromatic N) is 4. The molecule has 0 saturated carbocycles. The molecular formula is C81H97Cl3N6O34. The van der Waals surface area contributed by atoms with Crippen molar-refractivity contribution in [1.82, 2.24) is 0 Å². The van der Waals surface area contributed by atoms with E-state index >= 15 is 0 Å². The van der Waals surface area contributed by atoms with Crippen LogP contribution >= 0.6 is 34.8 Å². The van der Waals surface area contributed by atoms with E-state index in [2.05, 4.69) is 9.73 Å². The van der Waals surface area contributed by atoms with Crippen LogP contribution in [0.15, 0.2) is 151 Å². The summed E-state index contributed by atoms with van der Waals surface area (Å²) in [5.74, 6) is -2.62. The van der Waals surface area contributed by atoms with Gasteiger partial charge in [0, 0.05) is 35.6 Å². The molecule has 676 valence electrons. The molecule has 5 N–H and O–H groups in total. The van der Waals surface area contributed by atoms with E-state index in [0.29, 0.717) is 45.8 Å². The molecule has 0 heterocycles. The fourth-order valence-electron chi connectivity index (χ4n) is 8.14. The van der Waals surface area contributed by atoms with Crippen LogP contribution in [0.5, 0.6) is 40.2 Å². The number of carboxylic acid groups (broad SMARTS) is 1. The highest BCUT2D eigenvalue weighted by Crippen LogP contribution is 2.24. The van der Waals surface area contributed by atoms with Gasteiger partial charge in [0.1, 0.15) is 109 Å². The minimum absolute atomic E-state index is 0.000907. The molecule has 6 aromatic rings. The summed E-state index contributed by atoms with van der Waals surface area (Å²) in [7, 11) is 0. The van der Waals surface area contributed by atoms with Crippen LogP contribution in [-0.2, 0) is 105 Å². The number of carboxylic acids is 1. The lowest BCUT2D eigenvalue weighted by Crippen LogP contribution is -2.28. The van der Waals surface area contributed by atoms with E-state index in [1.54, 1.807) is 112 Å². The van der Waals surface area contributed by atoms with Crippen molar-refractivity contribution in [2.24, 2.45) is 4.99 Å². The molecule has 0 aliphatic carbocycles. The summed E-state index contributed by atoms with van der Waals surface area (Å²) in [5, 5.41) is 35.5. The van der Waals surface area contributed by atoms with Gasteiger partial charge in [0.05, 0.1) is 68.4 Å². The van der Waals surface area contributed by atoms with Crippen molar-refractivity contribution in [2.75, 3.05) is 117 Å². The van der Waals surface area contributed by atoms with Gasteiger partial charge in [-0.3, -0.25) is 34.6 Å². The average molecular weight is 1810 g/mol. The van der Waals surface area contributed by atoms with Crippen LogP contribution in [0.25, 0.3) is 0 Å². The van der Waals surface area contributed by atoms with Crippen LogP contribution in [0.1, 0.15) is 62.3 Å². The van der Waals surface area contributed by atoms with E-state index in [1.165, 1.54) is 108 Å². The normalized spacial score (nSPS) is 12.4. The Morgan fingerprint density at radius 3 is 0.734 bits per heavy atom. The number of nitro benzene ring substituents is 2. The van der Waals surface area contributed by atoms with Crippen LogP contribution in [0.2, 0.25) is 0 Å². The summed E-state index contributed by atoms with van der Waals surface area (Å²) in [5.41, 5.74) is 12.6. The van der Waals surface area contributed by atoms with Crippen molar-refractivity contribution in [3.05, 3.63) is 166 Å². The number of halogens is 3.